The summed E-state index contributed by atoms with van der Waals surface area (Å²) < 4.78 is 0. The predicted molar refractivity (Wildman–Crippen MR) is 132 cm³/mol. The lowest BCUT2D eigenvalue weighted by Gasteiger charge is -2.38. The fraction of sp³-hybridized carbons (Fsp3) is 0.200. The van der Waals surface area contributed by atoms with Crippen molar-refractivity contribution in [3.63, 3.8) is 0 Å². The standard InChI is InChI=1S/C30H31NO/c1-30(2,28-21-13-6-14-22-28)32-31(24-26-17-9-4-10-18-26)29(27-19-11-5-12-20-27)23-25-15-7-3-8-16-25/h3-22,29H,23-24H2,1-2H3. The first kappa shape index (κ1) is 22.0. The molecule has 32 heavy (non-hydrogen) atoms. The molecule has 0 N–H and O–H groups in total. The van der Waals surface area contributed by atoms with Crippen LogP contribution in [0.3, 0.4) is 0 Å². The number of hydrogen-bond acceptors (Lipinski definition) is 2. The average Bonchev–Trinajstić information content (AvgIpc) is 2.84. The highest BCUT2D eigenvalue weighted by Crippen LogP contribution is 2.33. The Hall–Kier alpha value is -3.20. The third-order valence-corrected chi connectivity index (χ3v) is 5.80. The van der Waals surface area contributed by atoms with E-state index in [1.807, 2.05) is 6.07 Å². The second-order valence-electron chi connectivity index (χ2n) is 8.64. The molecule has 0 spiro atoms. The number of rotatable bonds is 9. The van der Waals surface area contributed by atoms with Gasteiger partial charge in [-0.15, -0.1) is 0 Å². The molecule has 2 heteroatoms. The number of hydrogen-bond donors (Lipinski definition) is 0. The highest BCUT2D eigenvalue weighted by molar-refractivity contribution is 5.25. The minimum atomic E-state index is -0.472. The summed E-state index contributed by atoms with van der Waals surface area (Å²) in [4.78, 5) is 6.85. The first-order valence-corrected chi connectivity index (χ1v) is 11.3. The molecule has 4 rings (SSSR count). The smallest absolute Gasteiger partial charge is 0.109 e. The maximum Gasteiger partial charge on any atom is 0.109 e. The second kappa shape index (κ2) is 10.4. The molecule has 0 bridgehead atoms. The van der Waals surface area contributed by atoms with Crippen LogP contribution in [0.2, 0.25) is 0 Å². The quantitative estimate of drug-likeness (QED) is 0.262. The van der Waals surface area contributed by atoms with Crippen molar-refractivity contribution in [2.24, 2.45) is 0 Å². The van der Waals surface area contributed by atoms with Gasteiger partial charge in [0.15, 0.2) is 0 Å². The molecule has 0 radical (unpaired) electrons. The molecule has 0 heterocycles. The molecule has 0 aliphatic carbocycles. The Morgan fingerprint density at radius 3 is 1.66 bits per heavy atom. The van der Waals surface area contributed by atoms with E-state index in [-0.39, 0.29) is 6.04 Å². The van der Waals surface area contributed by atoms with Gasteiger partial charge in [0.05, 0.1) is 6.04 Å². The maximum atomic E-state index is 6.85. The summed E-state index contributed by atoms with van der Waals surface area (Å²) in [6.45, 7) is 4.99. The van der Waals surface area contributed by atoms with Crippen LogP contribution >= 0.6 is 0 Å². The van der Waals surface area contributed by atoms with Crippen LogP contribution in [-0.2, 0) is 23.4 Å². The van der Waals surface area contributed by atoms with E-state index in [4.69, 9.17) is 4.84 Å². The summed E-state index contributed by atoms with van der Waals surface area (Å²) in [5.74, 6) is 0. The van der Waals surface area contributed by atoms with Gasteiger partial charge in [0.1, 0.15) is 5.60 Å². The van der Waals surface area contributed by atoms with Gasteiger partial charge in [0, 0.05) is 6.54 Å². The Labute approximate surface area is 192 Å². The van der Waals surface area contributed by atoms with Crippen LogP contribution in [0, 0.1) is 0 Å². The van der Waals surface area contributed by atoms with E-state index in [1.54, 1.807) is 0 Å². The highest BCUT2D eigenvalue weighted by atomic mass is 16.7. The molecule has 0 saturated carbocycles. The molecule has 0 saturated heterocycles. The van der Waals surface area contributed by atoms with Crippen molar-refractivity contribution < 1.29 is 4.84 Å². The number of hydroxylamine groups is 2. The summed E-state index contributed by atoms with van der Waals surface area (Å²) in [6.07, 6.45) is 0.864. The van der Waals surface area contributed by atoms with Crippen molar-refractivity contribution in [2.45, 2.75) is 38.5 Å². The number of nitrogens with zero attached hydrogens (tertiary/aromatic N) is 1. The molecular weight excluding hydrogens is 390 g/mol. The summed E-state index contributed by atoms with van der Waals surface area (Å²) in [5, 5.41) is 2.17. The van der Waals surface area contributed by atoms with Crippen molar-refractivity contribution in [3.05, 3.63) is 144 Å². The fourth-order valence-electron chi connectivity index (χ4n) is 4.05. The van der Waals surface area contributed by atoms with Gasteiger partial charge in [-0.1, -0.05) is 121 Å². The van der Waals surface area contributed by atoms with E-state index in [2.05, 4.69) is 134 Å². The molecule has 1 atom stereocenters. The molecule has 1 unspecified atom stereocenters. The number of benzene rings is 4. The van der Waals surface area contributed by atoms with Crippen LogP contribution in [0.1, 0.15) is 42.1 Å². The normalized spacial score (nSPS) is 12.6. The largest absolute Gasteiger partial charge is 0.287 e. The van der Waals surface area contributed by atoms with Crippen molar-refractivity contribution >= 4 is 0 Å². The molecule has 0 aliphatic heterocycles. The Bertz CT molecular complexity index is 1060. The summed E-state index contributed by atoms with van der Waals surface area (Å²) in [5.41, 5.74) is 4.45. The summed E-state index contributed by atoms with van der Waals surface area (Å²) in [7, 11) is 0. The third-order valence-electron chi connectivity index (χ3n) is 5.80. The maximum absolute atomic E-state index is 6.85. The van der Waals surface area contributed by atoms with Gasteiger partial charge in [-0.25, -0.2) is 0 Å². The molecule has 0 fully saturated rings. The van der Waals surface area contributed by atoms with Crippen molar-refractivity contribution in [1.29, 1.82) is 0 Å². The molecule has 0 aromatic heterocycles. The lowest BCUT2D eigenvalue weighted by atomic mass is 9.97. The average molecular weight is 422 g/mol. The van der Waals surface area contributed by atoms with Gasteiger partial charge in [0.2, 0.25) is 0 Å². The molecule has 4 aromatic rings. The van der Waals surface area contributed by atoms with Crippen molar-refractivity contribution in [2.75, 3.05) is 0 Å². The molecule has 4 aromatic carbocycles. The van der Waals surface area contributed by atoms with E-state index < -0.39 is 5.60 Å². The van der Waals surface area contributed by atoms with Gasteiger partial charge >= 0.3 is 0 Å². The zero-order chi connectivity index (χ0) is 22.2. The van der Waals surface area contributed by atoms with E-state index in [0.29, 0.717) is 6.54 Å². The van der Waals surface area contributed by atoms with Gasteiger partial charge in [-0.2, -0.15) is 5.06 Å². The molecule has 162 valence electrons. The summed E-state index contributed by atoms with van der Waals surface area (Å²) >= 11 is 0. The van der Waals surface area contributed by atoms with Gasteiger partial charge < -0.3 is 0 Å². The van der Waals surface area contributed by atoms with E-state index in [1.165, 1.54) is 16.7 Å². The molecule has 0 amide bonds. The second-order valence-corrected chi connectivity index (χ2v) is 8.64. The van der Waals surface area contributed by atoms with Crippen LogP contribution < -0.4 is 0 Å². The topological polar surface area (TPSA) is 12.5 Å². The minimum absolute atomic E-state index is 0.0711. The fourth-order valence-corrected chi connectivity index (χ4v) is 4.05. The molecule has 0 aliphatic rings. The zero-order valence-corrected chi connectivity index (χ0v) is 18.9. The van der Waals surface area contributed by atoms with Crippen LogP contribution in [0.15, 0.2) is 121 Å². The third kappa shape index (κ3) is 5.73. The van der Waals surface area contributed by atoms with Gasteiger partial charge in [-0.3, -0.25) is 4.84 Å². The SMILES string of the molecule is CC(C)(ON(Cc1ccccc1)C(Cc1ccccc1)c1ccccc1)c1ccccc1. The molecule has 2 nitrogen and oxygen atoms in total. The van der Waals surface area contributed by atoms with Crippen molar-refractivity contribution in [3.8, 4) is 0 Å². The van der Waals surface area contributed by atoms with Crippen LogP contribution in [0.5, 0.6) is 0 Å². The first-order chi connectivity index (χ1) is 15.6. The van der Waals surface area contributed by atoms with Crippen molar-refractivity contribution in [1.82, 2.24) is 5.06 Å². The van der Waals surface area contributed by atoms with Gasteiger partial charge in [-0.05, 0) is 42.5 Å². The monoisotopic (exact) mass is 421 g/mol. The van der Waals surface area contributed by atoms with E-state index in [0.717, 1.165) is 12.0 Å². The van der Waals surface area contributed by atoms with Crippen LogP contribution in [0.25, 0.3) is 0 Å². The zero-order valence-electron chi connectivity index (χ0n) is 18.9. The predicted octanol–water partition coefficient (Wildman–Crippen LogP) is 7.34. The lowest BCUT2D eigenvalue weighted by Crippen LogP contribution is -2.37. The minimum Gasteiger partial charge on any atom is -0.287 e. The first-order valence-electron chi connectivity index (χ1n) is 11.3. The van der Waals surface area contributed by atoms with Crippen LogP contribution in [-0.4, -0.2) is 5.06 Å². The summed E-state index contributed by atoms with van der Waals surface area (Å²) in [6, 6.07) is 42.4. The molecular formula is C30H31NO. The lowest BCUT2D eigenvalue weighted by molar-refractivity contribution is -0.269. The Morgan fingerprint density at radius 1 is 0.625 bits per heavy atom. The van der Waals surface area contributed by atoms with Gasteiger partial charge in [0.25, 0.3) is 0 Å². The van der Waals surface area contributed by atoms with E-state index in [9.17, 15) is 0 Å². The Balaban J connectivity index is 1.72. The van der Waals surface area contributed by atoms with Crippen LogP contribution in [0.4, 0.5) is 0 Å². The Kier molecular flexibility index (Phi) is 7.16. The Morgan fingerprint density at radius 2 is 1.09 bits per heavy atom. The van der Waals surface area contributed by atoms with E-state index >= 15 is 0 Å². The highest BCUT2D eigenvalue weighted by Gasteiger charge is 2.30.